The van der Waals surface area contributed by atoms with Crippen LogP contribution in [0.25, 0.3) is 10.8 Å². The molecule has 4 nitrogen and oxygen atoms in total. The highest BCUT2D eigenvalue weighted by Gasteiger charge is 2.34. The minimum Gasteiger partial charge on any atom is -0.200 e. The molecule has 0 spiro atoms. The zero-order valence-electron chi connectivity index (χ0n) is 18.6. The average molecular weight is 455 g/mol. The fourth-order valence-electron chi connectivity index (χ4n) is 4.38. The SMILES string of the molecule is Cc1ccc(S(=O)(=O)N2N=C(c3ccccc3)CC[C@H]2Cc2ccc3ccccc3c2)cc1. The Morgan fingerprint density at radius 1 is 0.848 bits per heavy atom. The molecular formula is C28H26N2O2S. The average Bonchev–Trinajstić information content (AvgIpc) is 2.85. The molecule has 5 rings (SSSR count). The summed E-state index contributed by atoms with van der Waals surface area (Å²) in [7, 11) is -3.79. The molecule has 1 aliphatic heterocycles. The third-order valence-corrected chi connectivity index (χ3v) is 7.94. The lowest BCUT2D eigenvalue weighted by molar-refractivity contribution is 0.301. The number of hydrogen-bond acceptors (Lipinski definition) is 3. The number of hydrogen-bond donors (Lipinski definition) is 0. The summed E-state index contributed by atoms with van der Waals surface area (Å²) < 4.78 is 28.8. The van der Waals surface area contributed by atoms with Gasteiger partial charge < -0.3 is 0 Å². The fraction of sp³-hybridized carbons (Fsp3) is 0.179. The predicted molar refractivity (Wildman–Crippen MR) is 134 cm³/mol. The van der Waals surface area contributed by atoms with Gasteiger partial charge in [-0.3, -0.25) is 0 Å². The minimum absolute atomic E-state index is 0.245. The van der Waals surface area contributed by atoms with Gasteiger partial charge in [0.25, 0.3) is 10.0 Å². The summed E-state index contributed by atoms with van der Waals surface area (Å²) in [5.41, 5.74) is 3.90. The summed E-state index contributed by atoms with van der Waals surface area (Å²) in [5.74, 6) is 0. The van der Waals surface area contributed by atoms with Crippen LogP contribution in [0.15, 0.2) is 107 Å². The van der Waals surface area contributed by atoms with Gasteiger partial charge in [-0.15, -0.1) is 0 Å². The van der Waals surface area contributed by atoms with Crippen LogP contribution in [0, 0.1) is 6.92 Å². The lowest BCUT2D eigenvalue weighted by atomic mass is 9.96. The molecule has 1 heterocycles. The summed E-state index contributed by atoms with van der Waals surface area (Å²) >= 11 is 0. The van der Waals surface area contributed by atoms with Crippen molar-refractivity contribution in [2.24, 2.45) is 5.10 Å². The molecule has 0 N–H and O–H groups in total. The second kappa shape index (κ2) is 8.83. The highest BCUT2D eigenvalue weighted by Crippen LogP contribution is 2.29. The third-order valence-electron chi connectivity index (χ3n) is 6.20. The summed E-state index contributed by atoms with van der Waals surface area (Å²) in [4.78, 5) is 0.273. The van der Waals surface area contributed by atoms with Crippen molar-refractivity contribution < 1.29 is 8.42 Å². The van der Waals surface area contributed by atoms with Crippen molar-refractivity contribution >= 4 is 26.5 Å². The monoisotopic (exact) mass is 454 g/mol. The zero-order chi connectivity index (χ0) is 22.8. The van der Waals surface area contributed by atoms with Crippen molar-refractivity contribution in [1.29, 1.82) is 0 Å². The molecule has 5 heteroatoms. The lowest BCUT2D eigenvalue weighted by Gasteiger charge is -2.33. The smallest absolute Gasteiger partial charge is 0.200 e. The number of nitrogens with zero attached hydrogens (tertiary/aromatic N) is 2. The third kappa shape index (κ3) is 4.41. The number of sulfonamides is 1. The molecule has 4 aromatic carbocycles. The van der Waals surface area contributed by atoms with Crippen LogP contribution in [0.5, 0.6) is 0 Å². The molecule has 0 saturated heterocycles. The Balaban J connectivity index is 1.54. The van der Waals surface area contributed by atoms with Crippen molar-refractivity contribution in [3.63, 3.8) is 0 Å². The first-order valence-corrected chi connectivity index (χ1v) is 12.7. The standard InChI is InChI=1S/C28H26N2O2S/c1-21-11-16-27(17-12-21)33(31,32)30-26(15-18-28(29-30)24-8-3-2-4-9-24)20-22-13-14-23-7-5-6-10-25(23)19-22/h2-14,16-17,19,26H,15,18,20H2,1H3/t26-/m0/s1. The van der Waals surface area contributed by atoms with Gasteiger partial charge in [-0.1, -0.05) is 90.5 Å². The predicted octanol–water partition coefficient (Wildman–Crippen LogP) is 5.95. The first-order valence-electron chi connectivity index (χ1n) is 11.2. The van der Waals surface area contributed by atoms with Crippen LogP contribution in [-0.2, 0) is 16.4 Å². The summed E-state index contributed by atoms with van der Waals surface area (Å²) in [6, 6.07) is 31.2. The Hall–Kier alpha value is -3.44. The van der Waals surface area contributed by atoms with Crippen LogP contribution < -0.4 is 0 Å². The largest absolute Gasteiger partial charge is 0.279 e. The Kier molecular flexibility index (Phi) is 5.73. The Labute approximate surface area is 195 Å². The molecule has 0 aliphatic carbocycles. The normalized spacial score (nSPS) is 16.6. The van der Waals surface area contributed by atoms with E-state index in [1.807, 2.05) is 61.5 Å². The molecule has 0 bridgehead atoms. The van der Waals surface area contributed by atoms with Crippen molar-refractivity contribution in [1.82, 2.24) is 4.41 Å². The first kappa shape index (κ1) is 21.4. The van der Waals surface area contributed by atoms with Crippen molar-refractivity contribution in [2.75, 3.05) is 0 Å². The van der Waals surface area contributed by atoms with E-state index in [9.17, 15) is 8.42 Å². The second-order valence-corrected chi connectivity index (χ2v) is 10.4. The van der Waals surface area contributed by atoms with Gasteiger partial charge in [0.2, 0.25) is 0 Å². The maximum atomic E-state index is 13.7. The van der Waals surface area contributed by atoms with Crippen LogP contribution in [0.3, 0.4) is 0 Å². The molecular weight excluding hydrogens is 428 g/mol. The molecule has 0 unspecified atom stereocenters. The molecule has 1 aliphatic rings. The first-order chi connectivity index (χ1) is 16.0. The Morgan fingerprint density at radius 2 is 1.55 bits per heavy atom. The summed E-state index contributed by atoms with van der Waals surface area (Å²) in [5, 5.41) is 7.06. The van der Waals surface area contributed by atoms with Crippen LogP contribution in [-0.4, -0.2) is 24.6 Å². The minimum atomic E-state index is -3.79. The number of fused-ring (bicyclic) bond motifs is 1. The molecule has 0 saturated carbocycles. The van der Waals surface area contributed by atoms with Gasteiger partial charge in [0.15, 0.2) is 0 Å². The lowest BCUT2D eigenvalue weighted by Crippen LogP contribution is -2.41. The van der Waals surface area contributed by atoms with Gasteiger partial charge in [-0.25, -0.2) is 0 Å². The van der Waals surface area contributed by atoms with Gasteiger partial charge in [-0.2, -0.15) is 17.9 Å². The molecule has 0 fully saturated rings. The molecule has 0 amide bonds. The fourth-order valence-corrected chi connectivity index (χ4v) is 5.86. The number of benzene rings is 4. The second-order valence-electron chi connectivity index (χ2n) is 8.58. The van der Waals surface area contributed by atoms with Crippen molar-refractivity contribution in [3.05, 3.63) is 114 Å². The Morgan fingerprint density at radius 3 is 2.30 bits per heavy atom. The quantitative estimate of drug-likeness (QED) is 0.374. The molecule has 166 valence electrons. The zero-order valence-corrected chi connectivity index (χ0v) is 19.4. The molecule has 0 radical (unpaired) electrons. The number of rotatable bonds is 5. The van der Waals surface area contributed by atoms with E-state index in [1.165, 1.54) is 9.80 Å². The van der Waals surface area contributed by atoms with Crippen LogP contribution in [0.2, 0.25) is 0 Å². The highest BCUT2D eigenvalue weighted by molar-refractivity contribution is 7.89. The van der Waals surface area contributed by atoms with E-state index in [4.69, 9.17) is 5.10 Å². The molecule has 4 aromatic rings. The van der Waals surface area contributed by atoms with Crippen molar-refractivity contribution in [3.8, 4) is 0 Å². The molecule has 1 atom stereocenters. The topological polar surface area (TPSA) is 49.7 Å². The van der Waals surface area contributed by atoms with Crippen LogP contribution >= 0.6 is 0 Å². The van der Waals surface area contributed by atoms with E-state index in [-0.39, 0.29) is 10.9 Å². The summed E-state index contributed by atoms with van der Waals surface area (Å²) in [6.07, 6.45) is 2.06. The van der Waals surface area contributed by atoms with E-state index in [0.29, 0.717) is 12.8 Å². The van der Waals surface area contributed by atoms with Crippen LogP contribution in [0.1, 0.15) is 29.5 Å². The van der Waals surface area contributed by atoms with Crippen LogP contribution in [0.4, 0.5) is 0 Å². The van der Waals surface area contributed by atoms with E-state index in [1.54, 1.807) is 12.1 Å². The Bertz CT molecular complexity index is 1410. The van der Waals surface area contributed by atoms with Gasteiger partial charge in [0.1, 0.15) is 0 Å². The van der Waals surface area contributed by atoms with Gasteiger partial charge in [0, 0.05) is 0 Å². The maximum absolute atomic E-state index is 13.7. The van der Waals surface area contributed by atoms with E-state index in [0.717, 1.165) is 34.2 Å². The highest BCUT2D eigenvalue weighted by atomic mass is 32.2. The van der Waals surface area contributed by atoms with E-state index >= 15 is 0 Å². The van der Waals surface area contributed by atoms with E-state index in [2.05, 4.69) is 30.3 Å². The van der Waals surface area contributed by atoms with Gasteiger partial charge in [-0.05, 0) is 60.2 Å². The van der Waals surface area contributed by atoms with Gasteiger partial charge >= 0.3 is 0 Å². The van der Waals surface area contributed by atoms with Gasteiger partial charge in [0.05, 0.1) is 16.6 Å². The number of hydrazone groups is 1. The van der Waals surface area contributed by atoms with E-state index < -0.39 is 10.0 Å². The maximum Gasteiger partial charge on any atom is 0.279 e. The van der Waals surface area contributed by atoms with Crippen molar-refractivity contribution in [2.45, 2.75) is 37.1 Å². The number of aryl methyl sites for hydroxylation is 1. The molecule has 0 aromatic heterocycles. The molecule has 33 heavy (non-hydrogen) atoms. The summed E-state index contributed by atoms with van der Waals surface area (Å²) in [6.45, 7) is 1.95.